The lowest BCUT2D eigenvalue weighted by atomic mass is 9.89. The Morgan fingerprint density at radius 1 is 1.25 bits per heavy atom. The third kappa shape index (κ3) is 2.34. The summed E-state index contributed by atoms with van der Waals surface area (Å²) in [4.78, 5) is 4.71. The van der Waals surface area contributed by atoms with E-state index in [2.05, 4.69) is 21.3 Å². The molecule has 2 aromatic heterocycles. The number of halogens is 1. The monoisotopic (exact) mass is 294 g/mol. The lowest BCUT2D eigenvalue weighted by molar-refractivity contribution is 0.318. The first-order chi connectivity index (χ1) is 9.74. The molecular weight excluding hydrogens is 272 g/mol. The number of hydrogen-bond acceptors (Lipinski definition) is 2. The summed E-state index contributed by atoms with van der Waals surface area (Å²) in [5.41, 5.74) is 3.19. The van der Waals surface area contributed by atoms with Gasteiger partial charge in [-0.05, 0) is 32.6 Å². The number of rotatable bonds is 4. The van der Waals surface area contributed by atoms with E-state index in [0.29, 0.717) is 5.88 Å². The summed E-state index contributed by atoms with van der Waals surface area (Å²) in [6.45, 7) is 6.08. The van der Waals surface area contributed by atoms with Crippen molar-refractivity contribution in [2.45, 2.75) is 64.9 Å². The van der Waals surface area contributed by atoms with Crippen molar-refractivity contribution in [3.63, 3.8) is 0 Å². The molecule has 0 atom stereocenters. The summed E-state index contributed by atoms with van der Waals surface area (Å²) >= 11 is 6.11. The van der Waals surface area contributed by atoms with Gasteiger partial charge in [-0.15, -0.1) is 11.6 Å². The van der Waals surface area contributed by atoms with Gasteiger partial charge >= 0.3 is 0 Å². The number of aryl methyl sites for hydroxylation is 2. The fraction of sp³-hybridized carbons (Fsp3) is 0.733. The van der Waals surface area contributed by atoms with Gasteiger partial charge in [-0.1, -0.05) is 19.3 Å². The fourth-order valence-corrected chi connectivity index (χ4v) is 3.62. The van der Waals surface area contributed by atoms with Crippen molar-refractivity contribution in [2.24, 2.45) is 5.92 Å². The molecule has 110 valence electrons. The van der Waals surface area contributed by atoms with Gasteiger partial charge in [0.2, 0.25) is 0 Å². The van der Waals surface area contributed by atoms with Crippen molar-refractivity contribution in [2.75, 3.05) is 0 Å². The van der Waals surface area contributed by atoms with Crippen molar-refractivity contribution in [1.82, 2.24) is 19.3 Å². The number of aromatic nitrogens is 4. The van der Waals surface area contributed by atoms with E-state index in [-0.39, 0.29) is 0 Å². The molecule has 2 heterocycles. The number of hydrogen-bond donors (Lipinski definition) is 0. The highest BCUT2D eigenvalue weighted by Gasteiger charge is 2.21. The number of alkyl halides is 1. The Labute approximate surface area is 125 Å². The largest absolute Gasteiger partial charge is 0.312 e. The van der Waals surface area contributed by atoms with Crippen molar-refractivity contribution < 1.29 is 0 Å². The summed E-state index contributed by atoms with van der Waals surface area (Å²) in [5.74, 6) is 2.24. The molecule has 0 N–H and O–H groups in total. The molecule has 1 aliphatic carbocycles. The van der Waals surface area contributed by atoms with Gasteiger partial charge in [0.1, 0.15) is 11.3 Å². The van der Waals surface area contributed by atoms with Crippen LogP contribution in [0, 0.1) is 12.8 Å². The van der Waals surface area contributed by atoms with E-state index in [0.717, 1.165) is 41.7 Å². The van der Waals surface area contributed by atoms with Gasteiger partial charge in [0.15, 0.2) is 5.65 Å². The van der Waals surface area contributed by atoms with Crippen molar-refractivity contribution in [3.8, 4) is 0 Å². The Balaban J connectivity index is 2.02. The maximum Gasteiger partial charge on any atom is 0.158 e. The summed E-state index contributed by atoms with van der Waals surface area (Å²) in [5, 5.41) is 4.59. The molecule has 2 aromatic rings. The molecule has 0 radical (unpaired) electrons. The molecular formula is C15H23ClN4. The molecule has 1 aliphatic rings. The first kappa shape index (κ1) is 13.9. The minimum atomic E-state index is 0.477. The quantitative estimate of drug-likeness (QED) is 0.802. The number of nitrogens with zero attached hydrogens (tertiary/aromatic N) is 4. The highest BCUT2D eigenvalue weighted by Crippen LogP contribution is 2.28. The van der Waals surface area contributed by atoms with Gasteiger partial charge in [0.25, 0.3) is 0 Å². The van der Waals surface area contributed by atoms with Crippen LogP contribution in [0.4, 0.5) is 0 Å². The Kier molecular flexibility index (Phi) is 4.01. The minimum absolute atomic E-state index is 0.477. The summed E-state index contributed by atoms with van der Waals surface area (Å²) in [7, 11) is 0. The lowest BCUT2D eigenvalue weighted by Gasteiger charge is -2.23. The predicted octanol–water partition coefficient (Wildman–Crippen LogP) is 3.88. The first-order valence-corrected chi connectivity index (χ1v) is 8.26. The maximum atomic E-state index is 6.11. The second-order valence-corrected chi connectivity index (χ2v) is 6.12. The van der Waals surface area contributed by atoms with Crippen LogP contribution in [0.25, 0.3) is 11.2 Å². The van der Waals surface area contributed by atoms with Gasteiger partial charge in [0, 0.05) is 13.1 Å². The molecule has 0 aromatic carbocycles. The topological polar surface area (TPSA) is 35.6 Å². The van der Waals surface area contributed by atoms with Crippen LogP contribution in [-0.4, -0.2) is 19.3 Å². The van der Waals surface area contributed by atoms with Crippen molar-refractivity contribution in [1.29, 1.82) is 0 Å². The number of fused-ring (bicyclic) bond motifs is 1. The van der Waals surface area contributed by atoms with Gasteiger partial charge in [0.05, 0.1) is 11.6 Å². The summed E-state index contributed by atoms with van der Waals surface area (Å²) in [6, 6.07) is 0. The zero-order valence-electron chi connectivity index (χ0n) is 12.4. The van der Waals surface area contributed by atoms with E-state index in [1.165, 1.54) is 32.1 Å². The van der Waals surface area contributed by atoms with E-state index in [9.17, 15) is 0 Å². The molecule has 3 rings (SSSR count). The van der Waals surface area contributed by atoms with Crippen LogP contribution in [-0.2, 0) is 19.0 Å². The summed E-state index contributed by atoms with van der Waals surface area (Å²) < 4.78 is 4.39. The van der Waals surface area contributed by atoms with E-state index >= 15 is 0 Å². The molecule has 0 aliphatic heterocycles. The third-order valence-electron chi connectivity index (χ3n) is 4.46. The van der Waals surface area contributed by atoms with Crippen molar-refractivity contribution >= 4 is 22.8 Å². The molecule has 1 fully saturated rings. The zero-order chi connectivity index (χ0) is 14.1. The van der Waals surface area contributed by atoms with Gasteiger partial charge in [-0.2, -0.15) is 5.10 Å². The van der Waals surface area contributed by atoms with Crippen LogP contribution in [0.1, 0.15) is 50.5 Å². The van der Waals surface area contributed by atoms with E-state index in [1.54, 1.807) is 0 Å². The van der Waals surface area contributed by atoms with Crippen LogP contribution in [0.2, 0.25) is 0 Å². The SMILES string of the molecule is CCn1nc(C)c2nc(CCl)n(CC3CCCCC3)c21. The van der Waals surface area contributed by atoms with Crippen molar-refractivity contribution in [3.05, 3.63) is 11.5 Å². The smallest absolute Gasteiger partial charge is 0.158 e. The van der Waals surface area contributed by atoms with E-state index in [1.807, 2.05) is 6.92 Å². The van der Waals surface area contributed by atoms with Crippen LogP contribution in [0.5, 0.6) is 0 Å². The first-order valence-electron chi connectivity index (χ1n) is 7.73. The Bertz CT molecular complexity index is 593. The predicted molar refractivity (Wildman–Crippen MR) is 82.1 cm³/mol. The summed E-state index contributed by atoms with van der Waals surface area (Å²) in [6.07, 6.45) is 6.79. The van der Waals surface area contributed by atoms with E-state index < -0.39 is 0 Å². The second kappa shape index (κ2) is 5.76. The molecule has 1 saturated carbocycles. The highest BCUT2D eigenvalue weighted by molar-refractivity contribution is 6.16. The Morgan fingerprint density at radius 2 is 2.00 bits per heavy atom. The van der Waals surface area contributed by atoms with Gasteiger partial charge < -0.3 is 4.57 Å². The second-order valence-electron chi connectivity index (χ2n) is 5.85. The normalized spacial score (nSPS) is 17.1. The fourth-order valence-electron chi connectivity index (χ4n) is 3.41. The Hall–Kier alpha value is -1.03. The molecule has 0 saturated heterocycles. The standard InChI is InChI=1S/C15H23ClN4/c1-3-20-15-14(11(2)18-20)17-13(9-16)19(15)10-12-7-5-4-6-8-12/h12H,3-10H2,1-2H3. The van der Waals surface area contributed by atoms with Crippen LogP contribution in [0.3, 0.4) is 0 Å². The van der Waals surface area contributed by atoms with Gasteiger partial charge in [-0.25, -0.2) is 9.67 Å². The number of imidazole rings is 1. The Morgan fingerprint density at radius 3 is 2.65 bits per heavy atom. The molecule has 4 nitrogen and oxygen atoms in total. The molecule has 5 heteroatoms. The average Bonchev–Trinajstić information content (AvgIpc) is 2.99. The zero-order valence-corrected chi connectivity index (χ0v) is 13.2. The van der Waals surface area contributed by atoms with Crippen LogP contribution >= 0.6 is 11.6 Å². The minimum Gasteiger partial charge on any atom is -0.312 e. The molecule has 20 heavy (non-hydrogen) atoms. The van der Waals surface area contributed by atoms with E-state index in [4.69, 9.17) is 16.6 Å². The molecule has 0 amide bonds. The third-order valence-corrected chi connectivity index (χ3v) is 4.70. The molecule has 0 bridgehead atoms. The molecule has 0 unspecified atom stereocenters. The highest BCUT2D eigenvalue weighted by atomic mass is 35.5. The van der Waals surface area contributed by atoms with Crippen LogP contribution in [0.15, 0.2) is 0 Å². The lowest BCUT2D eigenvalue weighted by Crippen LogP contribution is -2.17. The average molecular weight is 295 g/mol. The molecule has 0 spiro atoms. The maximum absolute atomic E-state index is 6.11. The van der Waals surface area contributed by atoms with Gasteiger partial charge in [-0.3, -0.25) is 0 Å². The van der Waals surface area contributed by atoms with Crippen LogP contribution < -0.4 is 0 Å².